The minimum atomic E-state index is -0.291. The Morgan fingerprint density at radius 1 is 1.44 bits per heavy atom. The van der Waals surface area contributed by atoms with Crippen LogP contribution in [0.5, 0.6) is 5.75 Å². The predicted molar refractivity (Wildman–Crippen MR) is 70.9 cm³/mol. The van der Waals surface area contributed by atoms with Crippen molar-refractivity contribution in [2.45, 2.75) is 43.2 Å². The van der Waals surface area contributed by atoms with E-state index < -0.39 is 0 Å². The van der Waals surface area contributed by atoms with Gasteiger partial charge in [0.15, 0.2) is 0 Å². The number of piperidine rings is 1. The molecule has 3 nitrogen and oxygen atoms in total. The van der Waals surface area contributed by atoms with Crippen LogP contribution in [0.2, 0.25) is 0 Å². The predicted octanol–water partition coefficient (Wildman–Crippen LogP) is 1.84. The molecule has 1 aromatic carbocycles. The van der Waals surface area contributed by atoms with Crippen molar-refractivity contribution in [1.82, 2.24) is 5.32 Å². The molecular weight excluding hydrogens is 226 g/mol. The number of methoxy groups -OCH3 is 1. The van der Waals surface area contributed by atoms with Gasteiger partial charge in [0.25, 0.3) is 0 Å². The number of nitrogens with one attached hydrogen (secondary N) is 1. The summed E-state index contributed by atoms with van der Waals surface area (Å²) in [7, 11) is 1.69. The number of hydrogen-bond acceptors (Lipinski definition) is 3. The highest BCUT2D eigenvalue weighted by molar-refractivity contribution is 5.36. The Labute approximate surface area is 108 Å². The Morgan fingerprint density at radius 3 is 3.17 bits per heavy atom. The summed E-state index contributed by atoms with van der Waals surface area (Å²) in [5, 5.41) is 13.9. The van der Waals surface area contributed by atoms with Crippen molar-refractivity contribution in [2.24, 2.45) is 0 Å². The first-order valence-corrected chi connectivity index (χ1v) is 6.80. The average Bonchev–Trinajstić information content (AvgIpc) is 2.44. The fraction of sp³-hybridized carbons (Fsp3) is 0.600. The first-order valence-electron chi connectivity index (χ1n) is 6.80. The maximum Gasteiger partial charge on any atom is 0.119 e. The summed E-state index contributed by atoms with van der Waals surface area (Å²) in [6, 6.07) is 8.79. The van der Waals surface area contributed by atoms with Gasteiger partial charge in [-0.15, -0.1) is 0 Å². The van der Waals surface area contributed by atoms with E-state index in [2.05, 4.69) is 17.4 Å². The summed E-state index contributed by atoms with van der Waals surface area (Å²) >= 11 is 0. The highest BCUT2D eigenvalue weighted by Crippen LogP contribution is 2.45. The minimum absolute atomic E-state index is 0.0668. The molecule has 1 aromatic rings. The molecule has 2 aliphatic rings. The van der Waals surface area contributed by atoms with Crippen molar-refractivity contribution in [2.75, 3.05) is 13.7 Å². The van der Waals surface area contributed by atoms with Crippen molar-refractivity contribution in [3.05, 3.63) is 29.8 Å². The van der Waals surface area contributed by atoms with Gasteiger partial charge >= 0.3 is 0 Å². The van der Waals surface area contributed by atoms with E-state index >= 15 is 0 Å². The highest BCUT2D eigenvalue weighted by atomic mass is 16.5. The smallest absolute Gasteiger partial charge is 0.119 e. The molecular formula is C15H21NO2. The van der Waals surface area contributed by atoms with Crippen LogP contribution in [0.3, 0.4) is 0 Å². The molecule has 98 valence electrons. The van der Waals surface area contributed by atoms with Crippen LogP contribution in [0.15, 0.2) is 24.3 Å². The number of hydrogen-bond donors (Lipinski definition) is 2. The molecule has 3 heteroatoms. The first kappa shape index (κ1) is 12.0. The molecule has 18 heavy (non-hydrogen) atoms. The molecule has 2 N–H and O–H groups in total. The second-order valence-electron chi connectivity index (χ2n) is 5.61. The van der Waals surface area contributed by atoms with E-state index in [1.165, 1.54) is 18.4 Å². The Balaban J connectivity index is 2.00. The molecule has 2 fully saturated rings. The summed E-state index contributed by atoms with van der Waals surface area (Å²) in [5.41, 5.74) is 1.17. The molecule has 3 rings (SSSR count). The maximum absolute atomic E-state index is 10.5. The molecule has 2 bridgehead atoms. The molecule has 0 aromatic heterocycles. The molecule has 0 amide bonds. The normalized spacial score (nSPS) is 35.2. The zero-order valence-corrected chi connectivity index (χ0v) is 10.9. The van der Waals surface area contributed by atoms with Gasteiger partial charge in [-0.05, 0) is 37.0 Å². The number of β-amino-alcohol motifs (C(OH)–C–C–N with tert-alkyl or cyclic N) is 1. The molecule has 1 aliphatic heterocycles. The summed E-state index contributed by atoms with van der Waals surface area (Å²) < 4.78 is 5.32. The third-order valence-electron chi connectivity index (χ3n) is 4.67. The molecule has 1 aliphatic carbocycles. The van der Waals surface area contributed by atoms with Crippen molar-refractivity contribution >= 4 is 0 Å². The fourth-order valence-corrected chi connectivity index (χ4v) is 3.65. The Bertz CT molecular complexity index is 434. The van der Waals surface area contributed by atoms with Gasteiger partial charge in [0.1, 0.15) is 5.75 Å². The lowest BCUT2D eigenvalue weighted by molar-refractivity contribution is 0.0124. The average molecular weight is 247 g/mol. The number of benzene rings is 1. The molecule has 1 saturated heterocycles. The Hall–Kier alpha value is -1.06. The van der Waals surface area contributed by atoms with Gasteiger partial charge in [-0.3, -0.25) is 0 Å². The van der Waals surface area contributed by atoms with Crippen molar-refractivity contribution in [3.8, 4) is 5.75 Å². The van der Waals surface area contributed by atoms with E-state index in [4.69, 9.17) is 4.74 Å². The van der Waals surface area contributed by atoms with E-state index in [1.54, 1.807) is 7.11 Å². The van der Waals surface area contributed by atoms with Crippen molar-refractivity contribution in [3.63, 3.8) is 0 Å². The van der Waals surface area contributed by atoms with Crippen molar-refractivity contribution in [1.29, 1.82) is 0 Å². The zero-order valence-electron chi connectivity index (χ0n) is 10.9. The zero-order chi connectivity index (χ0) is 12.6. The fourth-order valence-electron chi connectivity index (χ4n) is 3.65. The highest BCUT2D eigenvalue weighted by Gasteiger charge is 2.46. The number of fused-ring (bicyclic) bond motifs is 2. The second kappa shape index (κ2) is 4.56. The van der Waals surface area contributed by atoms with Crippen LogP contribution in [-0.2, 0) is 5.41 Å². The number of aliphatic hydroxyl groups is 1. The quantitative estimate of drug-likeness (QED) is 0.838. The second-order valence-corrected chi connectivity index (χ2v) is 5.61. The summed E-state index contributed by atoms with van der Waals surface area (Å²) in [6.07, 6.45) is 4.26. The van der Waals surface area contributed by atoms with E-state index in [9.17, 15) is 5.11 Å². The van der Waals surface area contributed by atoms with Gasteiger partial charge in [0.2, 0.25) is 0 Å². The molecule has 3 atom stereocenters. The number of rotatable bonds is 2. The Kier molecular flexibility index (Phi) is 3.04. The largest absolute Gasteiger partial charge is 0.497 e. The van der Waals surface area contributed by atoms with Crippen LogP contribution in [0.1, 0.15) is 31.2 Å². The summed E-state index contributed by atoms with van der Waals surface area (Å²) in [6.45, 7) is 0.710. The lowest BCUT2D eigenvalue weighted by Crippen LogP contribution is -2.58. The summed E-state index contributed by atoms with van der Waals surface area (Å²) in [5.74, 6) is 0.884. The Morgan fingerprint density at radius 2 is 2.33 bits per heavy atom. The van der Waals surface area contributed by atoms with Crippen LogP contribution in [0.4, 0.5) is 0 Å². The van der Waals surface area contributed by atoms with Crippen LogP contribution in [0.25, 0.3) is 0 Å². The van der Waals surface area contributed by atoms with Gasteiger partial charge in [-0.1, -0.05) is 18.6 Å². The van der Waals surface area contributed by atoms with E-state index in [1.807, 2.05) is 12.1 Å². The molecule has 1 heterocycles. The SMILES string of the molecule is COc1cccc([C@@]23CCC[C@@H](C2)NC[C@H]3O)c1. The van der Waals surface area contributed by atoms with Gasteiger partial charge in [0, 0.05) is 18.0 Å². The lowest BCUT2D eigenvalue weighted by Gasteiger charge is -2.49. The first-order chi connectivity index (χ1) is 8.74. The third kappa shape index (κ3) is 1.82. The van der Waals surface area contributed by atoms with Crippen LogP contribution < -0.4 is 10.1 Å². The van der Waals surface area contributed by atoms with E-state index in [0.717, 1.165) is 18.6 Å². The van der Waals surface area contributed by atoms with Gasteiger partial charge in [0.05, 0.1) is 13.2 Å². The third-order valence-corrected chi connectivity index (χ3v) is 4.67. The molecule has 1 saturated carbocycles. The van der Waals surface area contributed by atoms with Gasteiger partial charge in [-0.25, -0.2) is 0 Å². The van der Waals surface area contributed by atoms with E-state index in [-0.39, 0.29) is 11.5 Å². The monoisotopic (exact) mass is 247 g/mol. The van der Waals surface area contributed by atoms with Crippen LogP contribution in [0, 0.1) is 0 Å². The van der Waals surface area contributed by atoms with Crippen molar-refractivity contribution < 1.29 is 9.84 Å². The molecule has 0 unspecified atom stereocenters. The minimum Gasteiger partial charge on any atom is -0.497 e. The lowest BCUT2D eigenvalue weighted by atomic mass is 9.62. The molecule has 0 spiro atoms. The van der Waals surface area contributed by atoms with E-state index in [0.29, 0.717) is 12.6 Å². The molecule has 0 radical (unpaired) electrons. The van der Waals surface area contributed by atoms with Gasteiger partial charge < -0.3 is 15.2 Å². The number of aliphatic hydroxyl groups excluding tert-OH is 1. The maximum atomic E-state index is 10.5. The summed E-state index contributed by atoms with van der Waals surface area (Å²) in [4.78, 5) is 0. The number of ether oxygens (including phenoxy) is 1. The standard InChI is InChI=1S/C15H21NO2/c1-18-13-6-2-4-11(8-13)15-7-3-5-12(9-15)16-10-14(15)17/h2,4,6,8,12,14,16-17H,3,5,7,9-10H2,1H3/t12-,14+,15+/m0/s1. The van der Waals surface area contributed by atoms with Gasteiger partial charge in [-0.2, -0.15) is 0 Å². The van der Waals surface area contributed by atoms with Crippen LogP contribution in [-0.4, -0.2) is 30.9 Å². The van der Waals surface area contributed by atoms with Crippen LogP contribution >= 0.6 is 0 Å². The topological polar surface area (TPSA) is 41.5 Å².